The lowest BCUT2D eigenvalue weighted by Gasteiger charge is -2.36. The number of carbonyl (C=O) groups is 1. The second kappa shape index (κ2) is 7.36. The Balaban J connectivity index is 1.26. The number of hydrogen-bond donors (Lipinski definition) is 0. The first-order chi connectivity index (χ1) is 12.6. The van der Waals surface area contributed by atoms with Crippen LogP contribution >= 0.6 is 11.6 Å². The average molecular weight is 373 g/mol. The van der Waals surface area contributed by atoms with Gasteiger partial charge in [-0.1, -0.05) is 30.7 Å². The second-order valence-corrected chi connectivity index (χ2v) is 7.85. The van der Waals surface area contributed by atoms with Crippen LogP contribution in [0.25, 0.3) is 0 Å². The van der Waals surface area contributed by atoms with Crippen molar-refractivity contribution in [2.45, 2.75) is 32.1 Å². The van der Waals surface area contributed by atoms with E-state index in [0.717, 1.165) is 54.3 Å². The van der Waals surface area contributed by atoms with E-state index in [-0.39, 0.29) is 5.91 Å². The van der Waals surface area contributed by atoms with Gasteiger partial charge in [0.25, 0.3) is 0 Å². The number of amides is 1. The summed E-state index contributed by atoms with van der Waals surface area (Å²) in [6, 6.07) is 12.0. The molecule has 2 aliphatic rings. The molecule has 1 saturated heterocycles. The number of halogens is 1. The number of hydrogen-bond acceptors (Lipinski definition) is 3. The number of para-hydroxylation sites is 1. The Kier molecular flexibility index (Phi) is 4.94. The van der Waals surface area contributed by atoms with E-state index in [1.807, 2.05) is 35.2 Å². The molecule has 1 aliphatic heterocycles. The number of furan rings is 1. The van der Waals surface area contributed by atoms with Crippen LogP contribution < -0.4 is 4.90 Å². The van der Waals surface area contributed by atoms with Crippen LogP contribution in [0.5, 0.6) is 0 Å². The summed E-state index contributed by atoms with van der Waals surface area (Å²) in [6.45, 7) is 5.37. The molecule has 0 unspecified atom stereocenters. The fourth-order valence-electron chi connectivity index (χ4n) is 3.74. The van der Waals surface area contributed by atoms with Crippen LogP contribution in [-0.2, 0) is 11.2 Å². The van der Waals surface area contributed by atoms with Crippen molar-refractivity contribution in [1.29, 1.82) is 0 Å². The minimum absolute atomic E-state index is 0.210. The molecule has 2 aromatic rings. The van der Waals surface area contributed by atoms with Crippen LogP contribution in [0.15, 0.2) is 40.8 Å². The first-order valence-corrected chi connectivity index (χ1v) is 9.85. The molecule has 1 saturated carbocycles. The molecule has 2 atom stereocenters. The molecule has 0 N–H and O–H groups in total. The van der Waals surface area contributed by atoms with E-state index in [0.29, 0.717) is 18.8 Å². The highest BCUT2D eigenvalue weighted by atomic mass is 35.5. The van der Waals surface area contributed by atoms with E-state index >= 15 is 0 Å². The maximum Gasteiger partial charge on any atom is 0.223 e. The fraction of sp³-hybridized carbons (Fsp3) is 0.476. The summed E-state index contributed by atoms with van der Waals surface area (Å²) in [5.74, 6) is 3.57. The maximum absolute atomic E-state index is 12.5. The molecule has 0 spiro atoms. The molecule has 1 amide bonds. The Morgan fingerprint density at radius 1 is 1.15 bits per heavy atom. The molecular weight excluding hydrogens is 348 g/mol. The summed E-state index contributed by atoms with van der Waals surface area (Å²) in [6.07, 6.45) is 2.42. The molecule has 0 radical (unpaired) electrons. The first kappa shape index (κ1) is 17.5. The number of benzene rings is 1. The monoisotopic (exact) mass is 372 g/mol. The first-order valence-electron chi connectivity index (χ1n) is 9.47. The third-order valence-corrected chi connectivity index (χ3v) is 5.89. The molecule has 5 heteroatoms. The van der Waals surface area contributed by atoms with Crippen LogP contribution in [0.2, 0.25) is 5.02 Å². The number of nitrogens with zero attached hydrogens (tertiary/aromatic N) is 2. The summed E-state index contributed by atoms with van der Waals surface area (Å²) >= 11 is 6.28. The van der Waals surface area contributed by atoms with Gasteiger partial charge in [0.15, 0.2) is 0 Å². The standard InChI is InChI=1S/C21H25ClN2O2/c1-15-14-17(15)20-8-6-16(26-20)7-9-21(25)24-12-10-23(11-13-24)19-5-3-2-4-18(19)22/h2-6,8,15,17H,7,9-14H2,1H3/t15-,17+/m0/s1. The Labute approximate surface area is 159 Å². The van der Waals surface area contributed by atoms with Crippen molar-refractivity contribution in [2.24, 2.45) is 5.92 Å². The summed E-state index contributed by atoms with van der Waals surface area (Å²) in [4.78, 5) is 16.7. The predicted molar refractivity (Wildman–Crippen MR) is 104 cm³/mol. The van der Waals surface area contributed by atoms with Crippen molar-refractivity contribution in [3.8, 4) is 0 Å². The molecule has 1 aliphatic carbocycles. The van der Waals surface area contributed by atoms with Gasteiger partial charge >= 0.3 is 0 Å². The van der Waals surface area contributed by atoms with Gasteiger partial charge in [0.1, 0.15) is 11.5 Å². The third kappa shape index (κ3) is 3.75. The van der Waals surface area contributed by atoms with Crippen molar-refractivity contribution >= 4 is 23.2 Å². The Morgan fingerprint density at radius 2 is 1.88 bits per heavy atom. The Bertz CT molecular complexity index is 780. The van der Waals surface area contributed by atoms with E-state index in [9.17, 15) is 4.79 Å². The Hall–Kier alpha value is -1.94. The molecule has 2 heterocycles. The van der Waals surface area contributed by atoms with Gasteiger partial charge in [0.2, 0.25) is 5.91 Å². The lowest BCUT2D eigenvalue weighted by molar-refractivity contribution is -0.131. The van der Waals surface area contributed by atoms with E-state index < -0.39 is 0 Å². The molecule has 26 heavy (non-hydrogen) atoms. The van der Waals surface area contributed by atoms with Crippen LogP contribution in [0.4, 0.5) is 5.69 Å². The highest BCUT2D eigenvalue weighted by Gasteiger charge is 2.36. The van der Waals surface area contributed by atoms with Gasteiger partial charge in [-0.05, 0) is 36.6 Å². The zero-order valence-corrected chi connectivity index (χ0v) is 15.9. The zero-order valence-electron chi connectivity index (χ0n) is 15.2. The van der Waals surface area contributed by atoms with Gasteiger partial charge in [-0.2, -0.15) is 0 Å². The summed E-state index contributed by atoms with van der Waals surface area (Å²) < 4.78 is 5.91. The fourth-order valence-corrected chi connectivity index (χ4v) is 4.00. The summed E-state index contributed by atoms with van der Waals surface area (Å²) in [5, 5.41) is 0.769. The van der Waals surface area contributed by atoms with E-state index in [2.05, 4.69) is 17.9 Å². The van der Waals surface area contributed by atoms with Crippen molar-refractivity contribution < 1.29 is 9.21 Å². The summed E-state index contributed by atoms with van der Waals surface area (Å²) in [7, 11) is 0. The van der Waals surface area contributed by atoms with Crippen LogP contribution in [0, 0.1) is 5.92 Å². The lowest BCUT2D eigenvalue weighted by Crippen LogP contribution is -2.48. The maximum atomic E-state index is 12.5. The van der Waals surface area contributed by atoms with Gasteiger partial charge in [0.05, 0.1) is 10.7 Å². The van der Waals surface area contributed by atoms with E-state index in [1.165, 1.54) is 6.42 Å². The normalized spacial score (nSPS) is 22.5. The zero-order chi connectivity index (χ0) is 18.1. The lowest BCUT2D eigenvalue weighted by atomic mass is 10.2. The van der Waals surface area contributed by atoms with Crippen LogP contribution in [-0.4, -0.2) is 37.0 Å². The second-order valence-electron chi connectivity index (χ2n) is 7.44. The van der Waals surface area contributed by atoms with Crippen molar-refractivity contribution in [2.75, 3.05) is 31.1 Å². The number of carbonyl (C=O) groups excluding carboxylic acids is 1. The third-order valence-electron chi connectivity index (χ3n) is 5.57. The van der Waals surface area contributed by atoms with Gasteiger partial charge in [-0.25, -0.2) is 0 Å². The molecule has 0 bridgehead atoms. The highest BCUT2D eigenvalue weighted by Crippen LogP contribution is 2.47. The van der Waals surface area contributed by atoms with Crippen molar-refractivity contribution in [1.82, 2.24) is 4.90 Å². The largest absolute Gasteiger partial charge is 0.466 e. The number of aryl methyl sites for hydroxylation is 1. The quantitative estimate of drug-likeness (QED) is 0.783. The predicted octanol–water partition coefficient (Wildman–Crippen LogP) is 4.34. The average Bonchev–Trinajstić information content (AvgIpc) is 3.20. The van der Waals surface area contributed by atoms with Gasteiger partial charge in [0, 0.05) is 44.9 Å². The molecule has 1 aromatic heterocycles. The topological polar surface area (TPSA) is 36.7 Å². The molecular formula is C21H25ClN2O2. The smallest absolute Gasteiger partial charge is 0.223 e. The van der Waals surface area contributed by atoms with E-state index in [1.54, 1.807) is 0 Å². The Morgan fingerprint density at radius 3 is 2.58 bits per heavy atom. The van der Waals surface area contributed by atoms with E-state index in [4.69, 9.17) is 16.0 Å². The molecule has 4 rings (SSSR count). The molecule has 4 nitrogen and oxygen atoms in total. The van der Waals surface area contributed by atoms with Crippen LogP contribution in [0.3, 0.4) is 0 Å². The minimum atomic E-state index is 0.210. The van der Waals surface area contributed by atoms with Crippen molar-refractivity contribution in [3.63, 3.8) is 0 Å². The SMILES string of the molecule is C[C@H]1C[C@H]1c1ccc(CCC(=O)N2CCN(c3ccccc3Cl)CC2)o1. The molecule has 1 aromatic carbocycles. The molecule has 138 valence electrons. The van der Waals surface area contributed by atoms with Gasteiger partial charge < -0.3 is 14.2 Å². The summed E-state index contributed by atoms with van der Waals surface area (Å²) in [5.41, 5.74) is 1.05. The number of piperazine rings is 1. The minimum Gasteiger partial charge on any atom is -0.466 e. The van der Waals surface area contributed by atoms with Gasteiger partial charge in [-0.3, -0.25) is 4.79 Å². The van der Waals surface area contributed by atoms with Crippen LogP contribution in [0.1, 0.15) is 37.2 Å². The number of rotatable bonds is 5. The molecule has 2 fully saturated rings. The van der Waals surface area contributed by atoms with Gasteiger partial charge in [-0.15, -0.1) is 0 Å². The number of anilines is 1. The highest BCUT2D eigenvalue weighted by molar-refractivity contribution is 6.33. The van der Waals surface area contributed by atoms with Crippen molar-refractivity contribution in [3.05, 3.63) is 52.9 Å².